The van der Waals surface area contributed by atoms with Crippen molar-refractivity contribution < 1.29 is 4.79 Å². The van der Waals surface area contributed by atoms with Crippen LogP contribution < -0.4 is 5.73 Å². The van der Waals surface area contributed by atoms with E-state index in [0.29, 0.717) is 18.2 Å². The maximum atomic E-state index is 12.5. The van der Waals surface area contributed by atoms with E-state index in [1.807, 2.05) is 11.0 Å². The minimum absolute atomic E-state index is 0.0140. The predicted octanol–water partition coefficient (Wildman–Crippen LogP) is 1.90. The maximum absolute atomic E-state index is 12.5. The number of pyridine rings is 1. The fraction of sp³-hybridized carbons (Fsp3) is 0.529. The summed E-state index contributed by atoms with van der Waals surface area (Å²) in [5.74, 6) is 6.24. The Morgan fingerprint density at radius 2 is 2.24 bits per heavy atom. The number of carbonyl (C=O) groups is 1. The minimum atomic E-state index is 0.0140. The van der Waals surface area contributed by atoms with Gasteiger partial charge in [0.2, 0.25) is 0 Å². The van der Waals surface area contributed by atoms with E-state index in [1.165, 1.54) is 0 Å². The normalized spacial score (nSPS) is 18.3. The van der Waals surface area contributed by atoms with E-state index in [2.05, 4.69) is 37.6 Å². The molecule has 1 atom stereocenters. The van der Waals surface area contributed by atoms with E-state index in [1.54, 1.807) is 12.3 Å². The van der Waals surface area contributed by atoms with Crippen LogP contribution in [0.4, 0.5) is 0 Å². The Hall–Kier alpha value is -1.86. The number of nitrogens with two attached hydrogens (primary N) is 1. The minimum Gasteiger partial charge on any atom is -0.337 e. The zero-order chi connectivity index (χ0) is 15.5. The number of amides is 1. The van der Waals surface area contributed by atoms with Gasteiger partial charge in [0, 0.05) is 24.8 Å². The summed E-state index contributed by atoms with van der Waals surface area (Å²) in [6.45, 7) is 8.65. The van der Waals surface area contributed by atoms with Gasteiger partial charge in [0.25, 0.3) is 5.91 Å². The first-order chi connectivity index (χ1) is 9.91. The van der Waals surface area contributed by atoms with E-state index < -0.39 is 0 Å². The Bertz CT molecular complexity index is 560. The Kier molecular flexibility index (Phi) is 4.64. The van der Waals surface area contributed by atoms with Crippen molar-refractivity contribution >= 4 is 5.91 Å². The van der Waals surface area contributed by atoms with Gasteiger partial charge in [-0.25, -0.2) is 4.98 Å². The van der Waals surface area contributed by atoms with E-state index >= 15 is 0 Å². The molecule has 4 heteroatoms. The van der Waals surface area contributed by atoms with Crippen molar-refractivity contribution in [1.82, 2.24) is 9.88 Å². The van der Waals surface area contributed by atoms with Gasteiger partial charge in [-0.15, -0.1) is 0 Å². The number of carbonyl (C=O) groups excluding carboxylic acids is 1. The van der Waals surface area contributed by atoms with Crippen LogP contribution in [0.15, 0.2) is 18.3 Å². The molecule has 112 valence electrons. The third-order valence-corrected chi connectivity index (χ3v) is 4.02. The average molecular weight is 285 g/mol. The summed E-state index contributed by atoms with van der Waals surface area (Å²) >= 11 is 0. The fourth-order valence-corrected chi connectivity index (χ4v) is 2.56. The van der Waals surface area contributed by atoms with Crippen LogP contribution in [-0.2, 0) is 0 Å². The zero-order valence-electron chi connectivity index (χ0n) is 13.0. The highest BCUT2D eigenvalue weighted by Crippen LogP contribution is 2.33. The number of hydrogen-bond donors (Lipinski definition) is 1. The van der Waals surface area contributed by atoms with Crippen molar-refractivity contribution in [2.24, 2.45) is 17.1 Å². The average Bonchev–Trinajstić information content (AvgIpc) is 2.95. The second-order valence-electron chi connectivity index (χ2n) is 6.54. The van der Waals surface area contributed by atoms with Gasteiger partial charge in [-0.2, -0.15) is 0 Å². The van der Waals surface area contributed by atoms with Crippen LogP contribution in [0.1, 0.15) is 43.2 Å². The summed E-state index contributed by atoms with van der Waals surface area (Å²) in [6.07, 6.45) is 2.70. The number of rotatable bonds is 1. The second-order valence-corrected chi connectivity index (χ2v) is 6.54. The predicted molar refractivity (Wildman–Crippen MR) is 83.6 cm³/mol. The molecule has 4 nitrogen and oxygen atoms in total. The molecule has 0 spiro atoms. The Morgan fingerprint density at radius 1 is 1.48 bits per heavy atom. The van der Waals surface area contributed by atoms with Crippen LogP contribution in [0.25, 0.3) is 0 Å². The van der Waals surface area contributed by atoms with Crippen LogP contribution in [-0.4, -0.2) is 35.4 Å². The summed E-state index contributed by atoms with van der Waals surface area (Å²) in [5, 5.41) is 0. The van der Waals surface area contributed by atoms with Gasteiger partial charge in [-0.05, 0) is 29.9 Å². The molecular weight excluding hydrogens is 262 g/mol. The van der Waals surface area contributed by atoms with Crippen molar-refractivity contribution in [1.29, 1.82) is 0 Å². The van der Waals surface area contributed by atoms with Gasteiger partial charge >= 0.3 is 0 Å². The number of nitrogens with zero attached hydrogens (tertiary/aromatic N) is 2. The molecule has 1 aliphatic rings. The van der Waals surface area contributed by atoms with E-state index in [-0.39, 0.29) is 11.3 Å². The molecule has 2 rings (SSSR count). The van der Waals surface area contributed by atoms with Crippen LogP contribution in [0.5, 0.6) is 0 Å². The quantitative estimate of drug-likeness (QED) is 0.802. The largest absolute Gasteiger partial charge is 0.337 e. The Labute approximate surface area is 126 Å². The molecule has 1 saturated heterocycles. The monoisotopic (exact) mass is 285 g/mol. The molecule has 0 saturated carbocycles. The number of aromatic nitrogens is 1. The second kappa shape index (κ2) is 6.28. The summed E-state index contributed by atoms with van der Waals surface area (Å²) in [7, 11) is 0. The van der Waals surface area contributed by atoms with Crippen molar-refractivity contribution in [2.45, 2.75) is 27.2 Å². The number of likely N-dealkylation sites (tertiary alicyclic amines) is 1. The smallest absolute Gasteiger partial charge is 0.272 e. The molecule has 0 bridgehead atoms. The molecule has 1 aliphatic heterocycles. The first-order valence-corrected chi connectivity index (χ1v) is 7.36. The number of hydrogen-bond acceptors (Lipinski definition) is 3. The molecule has 0 aromatic carbocycles. The third kappa shape index (κ3) is 3.83. The van der Waals surface area contributed by atoms with Crippen LogP contribution in [0.2, 0.25) is 0 Å². The SMILES string of the molecule is CC(C)(C)C1CCN(C(=O)c2ccc(C#CCN)cn2)C1. The van der Waals surface area contributed by atoms with Gasteiger partial charge < -0.3 is 10.6 Å². The lowest BCUT2D eigenvalue weighted by atomic mass is 9.80. The molecule has 1 aromatic rings. The van der Waals surface area contributed by atoms with E-state index in [0.717, 1.165) is 25.1 Å². The lowest BCUT2D eigenvalue weighted by molar-refractivity contribution is 0.0771. The highest BCUT2D eigenvalue weighted by atomic mass is 16.2. The van der Waals surface area contributed by atoms with Crippen molar-refractivity contribution in [3.05, 3.63) is 29.6 Å². The highest BCUT2D eigenvalue weighted by molar-refractivity contribution is 5.92. The Morgan fingerprint density at radius 3 is 2.76 bits per heavy atom. The molecule has 1 aromatic heterocycles. The molecule has 0 aliphatic carbocycles. The van der Waals surface area contributed by atoms with Crippen LogP contribution in [0.3, 0.4) is 0 Å². The van der Waals surface area contributed by atoms with Crippen molar-refractivity contribution in [2.75, 3.05) is 19.6 Å². The standard InChI is InChI=1S/C17H23N3O/c1-17(2,3)14-8-10-20(12-14)16(21)15-7-6-13(11-19-15)5-4-9-18/h6-7,11,14H,8-10,12,18H2,1-3H3. The molecule has 0 radical (unpaired) electrons. The first-order valence-electron chi connectivity index (χ1n) is 7.36. The van der Waals surface area contributed by atoms with Gasteiger partial charge in [-0.3, -0.25) is 4.79 Å². The maximum Gasteiger partial charge on any atom is 0.272 e. The first kappa shape index (κ1) is 15.5. The molecule has 1 amide bonds. The van der Waals surface area contributed by atoms with Gasteiger partial charge in [0.15, 0.2) is 0 Å². The van der Waals surface area contributed by atoms with Crippen LogP contribution >= 0.6 is 0 Å². The molecule has 1 fully saturated rings. The van der Waals surface area contributed by atoms with Gasteiger partial charge in [-0.1, -0.05) is 32.6 Å². The molecular formula is C17H23N3O. The van der Waals surface area contributed by atoms with E-state index in [4.69, 9.17) is 5.73 Å². The molecule has 2 N–H and O–H groups in total. The zero-order valence-corrected chi connectivity index (χ0v) is 13.0. The summed E-state index contributed by atoms with van der Waals surface area (Å²) < 4.78 is 0. The molecule has 2 heterocycles. The highest BCUT2D eigenvalue weighted by Gasteiger charge is 2.34. The molecule has 21 heavy (non-hydrogen) atoms. The van der Waals surface area contributed by atoms with E-state index in [9.17, 15) is 4.79 Å². The Balaban J connectivity index is 2.04. The summed E-state index contributed by atoms with van der Waals surface area (Å²) in [5.41, 5.74) is 6.84. The van der Waals surface area contributed by atoms with Gasteiger partial charge in [0.05, 0.1) is 6.54 Å². The van der Waals surface area contributed by atoms with Crippen molar-refractivity contribution in [3.63, 3.8) is 0 Å². The summed E-state index contributed by atoms with van der Waals surface area (Å²) in [4.78, 5) is 18.6. The summed E-state index contributed by atoms with van der Waals surface area (Å²) in [6, 6.07) is 3.56. The lowest BCUT2D eigenvalue weighted by Gasteiger charge is -2.26. The molecule has 1 unspecified atom stereocenters. The lowest BCUT2D eigenvalue weighted by Crippen LogP contribution is -2.31. The third-order valence-electron chi connectivity index (χ3n) is 4.02. The fourth-order valence-electron chi connectivity index (χ4n) is 2.56. The topological polar surface area (TPSA) is 59.2 Å². The van der Waals surface area contributed by atoms with Crippen molar-refractivity contribution in [3.8, 4) is 11.8 Å². The van der Waals surface area contributed by atoms with Gasteiger partial charge in [0.1, 0.15) is 5.69 Å². The van der Waals surface area contributed by atoms with Crippen LogP contribution in [0, 0.1) is 23.2 Å².